The van der Waals surface area contributed by atoms with Crippen LogP contribution < -0.4 is 0 Å². The van der Waals surface area contributed by atoms with Gasteiger partial charge in [-0.25, -0.2) is 0 Å². The molecule has 14 aromatic rings. The number of thiophene rings is 1. The first kappa shape index (κ1) is 37.0. The zero-order valence-corrected chi connectivity index (χ0v) is 36.9. The van der Waals surface area contributed by atoms with E-state index in [1.165, 1.54) is 96.7 Å². The molecule has 4 nitrogen and oxygen atoms in total. The van der Waals surface area contributed by atoms with E-state index in [4.69, 9.17) is 0 Å². The summed E-state index contributed by atoms with van der Waals surface area (Å²) in [5.41, 5.74) is 15.1. The minimum absolute atomic E-state index is 1.11. The Labute approximate surface area is 384 Å². The largest absolute Gasteiger partial charge is 0.309 e. The number of para-hydroxylation sites is 5. The Morgan fingerprint density at radius 3 is 1.27 bits per heavy atom. The van der Waals surface area contributed by atoms with Crippen LogP contribution in [0.4, 0.5) is 0 Å². The highest BCUT2D eigenvalue weighted by molar-refractivity contribution is 7.25. The second-order valence-electron chi connectivity index (χ2n) is 17.2. The van der Waals surface area contributed by atoms with E-state index in [0.29, 0.717) is 0 Å². The fourth-order valence-electron chi connectivity index (χ4n) is 11.2. The number of aromatic nitrogens is 4. The molecule has 14 rings (SSSR count). The van der Waals surface area contributed by atoms with E-state index in [1.807, 2.05) is 17.4 Å². The van der Waals surface area contributed by atoms with E-state index in [-0.39, 0.29) is 0 Å². The molecule has 0 fully saturated rings. The number of allylic oxidation sites excluding steroid dienone is 1. The van der Waals surface area contributed by atoms with E-state index < -0.39 is 0 Å². The Balaban J connectivity index is 0.989. The molecule has 0 aliphatic carbocycles. The summed E-state index contributed by atoms with van der Waals surface area (Å²) >= 11 is 1.86. The minimum Gasteiger partial charge on any atom is -0.309 e. The SMILES string of the molecule is C=Cc1c(/C=C\C)n(-c2ccc3sc4ccc(-n5c6ccccc6c6c(-n7c8ccccc8c8ccccc87)cccc65)cc4c3c2)c2cccc(-n3c4ccccc4c4ccccc43)c12. The molecule has 0 amide bonds. The van der Waals surface area contributed by atoms with Crippen molar-refractivity contribution < 1.29 is 0 Å². The predicted molar refractivity (Wildman–Crippen MR) is 284 cm³/mol. The van der Waals surface area contributed by atoms with Gasteiger partial charge in [-0.3, -0.25) is 0 Å². The molecule has 5 heterocycles. The van der Waals surface area contributed by atoms with Gasteiger partial charge in [-0.05, 0) is 104 Å². The summed E-state index contributed by atoms with van der Waals surface area (Å²) in [5, 5.41) is 11.2. The number of rotatable bonds is 6. The number of hydrogen-bond acceptors (Lipinski definition) is 1. The summed E-state index contributed by atoms with van der Waals surface area (Å²) < 4.78 is 12.3. The maximum absolute atomic E-state index is 4.43. The van der Waals surface area contributed by atoms with Crippen LogP contribution in [0.3, 0.4) is 0 Å². The molecule has 0 saturated heterocycles. The van der Waals surface area contributed by atoms with E-state index >= 15 is 0 Å². The molecule has 5 heteroatoms. The molecule has 310 valence electrons. The van der Waals surface area contributed by atoms with Gasteiger partial charge in [-0.2, -0.15) is 0 Å². The maximum Gasteiger partial charge on any atom is 0.0562 e. The Bertz CT molecular complexity index is 4280. The first-order valence-electron chi connectivity index (χ1n) is 22.6. The van der Waals surface area contributed by atoms with Crippen LogP contribution in [0.1, 0.15) is 18.2 Å². The van der Waals surface area contributed by atoms with Gasteiger partial charge < -0.3 is 18.3 Å². The number of fused-ring (bicyclic) bond motifs is 13. The summed E-state index contributed by atoms with van der Waals surface area (Å²) in [6.07, 6.45) is 6.41. The molecule has 66 heavy (non-hydrogen) atoms. The van der Waals surface area contributed by atoms with Crippen molar-refractivity contribution in [3.63, 3.8) is 0 Å². The lowest BCUT2D eigenvalue weighted by Crippen LogP contribution is -1.98. The van der Waals surface area contributed by atoms with Crippen LogP contribution in [0.25, 0.3) is 131 Å². The quantitative estimate of drug-likeness (QED) is 0.159. The highest BCUT2D eigenvalue weighted by Crippen LogP contribution is 2.44. The first-order valence-corrected chi connectivity index (χ1v) is 23.4. The second kappa shape index (κ2) is 14.1. The van der Waals surface area contributed by atoms with Crippen LogP contribution in [0.2, 0.25) is 0 Å². The van der Waals surface area contributed by atoms with Gasteiger partial charge in [0.25, 0.3) is 0 Å². The van der Waals surface area contributed by atoms with Crippen LogP contribution in [0, 0.1) is 0 Å². The number of nitrogens with zero attached hydrogens (tertiary/aromatic N) is 4. The topological polar surface area (TPSA) is 19.7 Å². The third-order valence-electron chi connectivity index (χ3n) is 13.8. The molecule has 0 N–H and O–H groups in total. The van der Waals surface area contributed by atoms with Crippen LogP contribution in [-0.2, 0) is 0 Å². The standard InChI is InChI=1S/C61H40N4S/c1-3-17-48-40(4-2)60-54(28-15-30-56(60)64-49-23-10-5-18-41(49)42-19-6-11-24-50(42)64)62(48)38-32-34-58-46(36-38)47-37-39(33-35-59(47)66-58)63-53-27-14-9-22-45(53)61-55(63)29-16-31-57(61)65-51-25-12-7-20-43(51)44-21-8-13-26-52(44)65/h3-37H,2H2,1H3/b17-3-. The lowest BCUT2D eigenvalue weighted by Gasteiger charge is -2.12. The minimum atomic E-state index is 1.11. The van der Waals surface area contributed by atoms with Crippen molar-refractivity contribution in [2.24, 2.45) is 0 Å². The van der Waals surface area contributed by atoms with Crippen LogP contribution in [0.15, 0.2) is 207 Å². The molecule has 0 bridgehead atoms. The van der Waals surface area contributed by atoms with Crippen molar-refractivity contribution in [3.05, 3.63) is 218 Å². The van der Waals surface area contributed by atoms with Crippen LogP contribution in [0.5, 0.6) is 0 Å². The van der Waals surface area contributed by atoms with Crippen molar-refractivity contribution in [1.29, 1.82) is 0 Å². The van der Waals surface area contributed by atoms with Crippen molar-refractivity contribution >= 4 is 120 Å². The van der Waals surface area contributed by atoms with Crippen molar-refractivity contribution in [2.75, 3.05) is 0 Å². The first-order chi connectivity index (χ1) is 32.7. The third-order valence-corrected chi connectivity index (χ3v) is 15.0. The average Bonchev–Trinajstić information content (AvgIpc) is 4.16. The van der Waals surface area contributed by atoms with Gasteiger partial charge >= 0.3 is 0 Å². The molecule has 0 unspecified atom stereocenters. The van der Waals surface area contributed by atoms with Crippen molar-refractivity contribution in [3.8, 4) is 22.7 Å². The Kier molecular flexibility index (Phi) is 7.89. The molecule has 5 aromatic heterocycles. The average molecular weight is 861 g/mol. The normalized spacial score (nSPS) is 12.3. The fraction of sp³-hybridized carbons (Fsp3) is 0.0164. The highest BCUT2D eigenvalue weighted by atomic mass is 32.1. The Hall–Kier alpha value is -8.38. The van der Waals surface area contributed by atoms with Gasteiger partial charge in [0.2, 0.25) is 0 Å². The molecule has 0 aliphatic heterocycles. The number of hydrogen-bond donors (Lipinski definition) is 0. The molecule has 0 saturated carbocycles. The molecule has 0 spiro atoms. The zero-order valence-electron chi connectivity index (χ0n) is 36.1. The number of benzene rings is 9. The molecular weight excluding hydrogens is 821 g/mol. The fourth-order valence-corrected chi connectivity index (χ4v) is 12.3. The summed E-state index contributed by atoms with van der Waals surface area (Å²) in [6, 6.07) is 71.5. The van der Waals surface area contributed by atoms with Crippen molar-refractivity contribution in [1.82, 2.24) is 18.3 Å². The van der Waals surface area contributed by atoms with Gasteiger partial charge in [0.15, 0.2) is 0 Å². The van der Waals surface area contributed by atoms with Crippen LogP contribution in [-0.4, -0.2) is 18.3 Å². The van der Waals surface area contributed by atoms with E-state index in [2.05, 4.69) is 238 Å². The van der Waals surface area contributed by atoms with E-state index in [0.717, 1.165) is 33.8 Å². The maximum atomic E-state index is 4.43. The van der Waals surface area contributed by atoms with Gasteiger partial charge in [0.1, 0.15) is 0 Å². The summed E-state index contributed by atoms with van der Waals surface area (Å²) in [5.74, 6) is 0. The molecule has 0 radical (unpaired) electrons. The van der Waals surface area contributed by atoms with Gasteiger partial charge in [0.05, 0.1) is 55.7 Å². The summed E-state index contributed by atoms with van der Waals surface area (Å²) in [4.78, 5) is 0. The molecule has 0 atom stereocenters. The molecular formula is C61H40N4S. The third kappa shape index (κ3) is 5.03. The lowest BCUT2D eigenvalue weighted by molar-refractivity contribution is 1.11. The predicted octanol–water partition coefficient (Wildman–Crippen LogP) is 17.0. The summed E-state index contributed by atoms with van der Waals surface area (Å²) in [6.45, 7) is 6.52. The lowest BCUT2D eigenvalue weighted by atomic mass is 10.1. The summed E-state index contributed by atoms with van der Waals surface area (Å²) in [7, 11) is 0. The smallest absolute Gasteiger partial charge is 0.0562 e. The molecule has 9 aromatic carbocycles. The highest BCUT2D eigenvalue weighted by Gasteiger charge is 2.23. The molecule has 0 aliphatic rings. The monoisotopic (exact) mass is 860 g/mol. The van der Waals surface area contributed by atoms with Gasteiger partial charge in [-0.1, -0.05) is 122 Å². The van der Waals surface area contributed by atoms with Crippen molar-refractivity contribution in [2.45, 2.75) is 6.92 Å². The van der Waals surface area contributed by atoms with E-state index in [9.17, 15) is 0 Å². The second-order valence-corrected chi connectivity index (χ2v) is 18.3. The Morgan fingerprint density at radius 1 is 0.379 bits per heavy atom. The van der Waals surface area contributed by atoms with E-state index in [1.54, 1.807) is 0 Å². The Morgan fingerprint density at radius 2 is 0.788 bits per heavy atom. The van der Waals surface area contributed by atoms with Gasteiger partial charge in [0, 0.05) is 74.8 Å². The van der Waals surface area contributed by atoms with Gasteiger partial charge in [-0.15, -0.1) is 11.3 Å². The van der Waals surface area contributed by atoms with Crippen LogP contribution >= 0.6 is 11.3 Å². The zero-order chi connectivity index (χ0) is 43.6.